The summed E-state index contributed by atoms with van der Waals surface area (Å²) in [4.78, 5) is 4.40. The molecule has 2 rings (SSSR count). The Morgan fingerprint density at radius 3 is 2.88 bits per heavy atom. The van der Waals surface area contributed by atoms with Crippen LogP contribution in [0.3, 0.4) is 0 Å². The lowest BCUT2D eigenvalue weighted by Crippen LogP contribution is -2.13. The van der Waals surface area contributed by atoms with Gasteiger partial charge in [-0.1, -0.05) is 6.07 Å². The molecule has 0 spiro atoms. The van der Waals surface area contributed by atoms with E-state index in [1.54, 1.807) is 0 Å². The van der Waals surface area contributed by atoms with E-state index in [1.165, 1.54) is 16.5 Å². The minimum absolute atomic E-state index is 0.634. The third kappa shape index (κ3) is 1.99. The predicted octanol–water partition coefficient (Wildman–Crippen LogP) is 2.22. The summed E-state index contributed by atoms with van der Waals surface area (Å²) in [6.07, 6.45) is 1.83. The van der Waals surface area contributed by atoms with Gasteiger partial charge in [-0.2, -0.15) is 0 Å². The maximum atomic E-state index is 5.50. The summed E-state index contributed by atoms with van der Waals surface area (Å²) in [6, 6.07) is 6.29. The molecule has 3 N–H and O–H groups in total. The van der Waals surface area contributed by atoms with Gasteiger partial charge in [0.25, 0.3) is 0 Å². The van der Waals surface area contributed by atoms with Crippen molar-refractivity contribution in [2.24, 2.45) is 5.73 Å². The molecule has 1 aromatic heterocycles. The molecule has 0 bridgehead atoms. The molecule has 1 heterocycles. The second-order valence-corrected chi connectivity index (χ2v) is 4.05. The fourth-order valence-corrected chi connectivity index (χ4v) is 2.03. The SMILES string of the molecule is Cc1cc(C)c2c(NCCN)ccnc2c1. The highest BCUT2D eigenvalue weighted by Gasteiger charge is 2.04. The molecule has 0 amide bonds. The van der Waals surface area contributed by atoms with Gasteiger partial charge in [-0.15, -0.1) is 0 Å². The zero-order chi connectivity index (χ0) is 11.5. The first kappa shape index (κ1) is 10.9. The fraction of sp³-hybridized carbons (Fsp3) is 0.308. The largest absolute Gasteiger partial charge is 0.383 e. The second kappa shape index (κ2) is 4.49. The highest BCUT2D eigenvalue weighted by Crippen LogP contribution is 2.26. The average molecular weight is 215 g/mol. The van der Waals surface area contributed by atoms with E-state index < -0.39 is 0 Å². The number of nitrogens with one attached hydrogen (secondary N) is 1. The first-order valence-corrected chi connectivity index (χ1v) is 5.52. The van der Waals surface area contributed by atoms with Gasteiger partial charge in [0.2, 0.25) is 0 Å². The molecule has 0 aliphatic heterocycles. The topological polar surface area (TPSA) is 50.9 Å². The minimum atomic E-state index is 0.634. The lowest BCUT2D eigenvalue weighted by Gasteiger charge is -2.11. The third-order valence-electron chi connectivity index (χ3n) is 2.64. The van der Waals surface area contributed by atoms with Crippen molar-refractivity contribution in [1.29, 1.82) is 0 Å². The van der Waals surface area contributed by atoms with E-state index in [1.807, 2.05) is 12.3 Å². The molecule has 0 fully saturated rings. The van der Waals surface area contributed by atoms with Gasteiger partial charge in [0.05, 0.1) is 5.52 Å². The summed E-state index contributed by atoms with van der Waals surface area (Å²) < 4.78 is 0. The van der Waals surface area contributed by atoms with Gasteiger partial charge in [0.15, 0.2) is 0 Å². The number of fused-ring (bicyclic) bond motifs is 1. The Bertz CT molecular complexity index is 506. The zero-order valence-corrected chi connectivity index (χ0v) is 9.75. The van der Waals surface area contributed by atoms with Gasteiger partial charge in [0.1, 0.15) is 0 Å². The molecule has 3 nitrogen and oxygen atoms in total. The Labute approximate surface area is 95.7 Å². The Kier molecular flexibility index (Phi) is 3.06. The fourth-order valence-electron chi connectivity index (χ4n) is 2.03. The van der Waals surface area contributed by atoms with Crippen molar-refractivity contribution in [2.45, 2.75) is 13.8 Å². The van der Waals surface area contributed by atoms with Gasteiger partial charge in [-0.05, 0) is 37.1 Å². The molecule has 0 aliphatic rings. The summed E-state index contributed by atoms with van der Waals surface area (Å²) in [5.74, 6) is 0. The van der Waals surface area contributed by atoms with E-state index in [9.17, 15) is 0 Å². The third-order valence-corrected chi connectivity index (χ3v) is 2.64. The van der Waals surface area contributed by atoms with Gasteiger partial charge in [-0.3, -0.25) is 4.98 Å². The Morgan fingerprint density at radius 1 is 1.31 bits per heavy atom. The van der Waals surface area contributed by atoms with Crippen molar-refractivity contribution in [3.8, 4) is 0 Å². The van der Waals surface area contributed by atoms with E-state index in [4.69, 9.17) is 5.73 Å². The van der Waals surface area contributed by atoms with E-state index in [0.29, 0.717) is 6.54 Å². The Balaban J connectivity index is 2.57. The second-order valence-electron chi connectivity index (χ2n) is 4.05. The van der Waals surface area contributed by atoms with Gasteiger partial charge < -0.3 is 11.1 Å². The van der Waals surface area contributed by atoms with Crippen LogP contribution >= 0.6 is 0 Å². The standard InChI is InChI=1S/C13H17N3/c1-9-7-10(2)13-11(16-6-4-14)3-5-15-12(13)8-9/h3,5,7-8H,4,6,14H2,1-2H3,(H,15,16). The molecular formula is C13H17N3. The summed E-state index contributed by atoms with van der Waals surface area (Å²) in [5.41, 5.74) is 10.2. The first-order chi connectivity index (χ1) is 7.72. The van der Waals surface area contributed by atoms with Crippen molar-refractivity contribution in [3.63, 3.8) is 0 Å². The summed E-state index contributed by atoms with van der Waals surface area (Å²) >= 11 is 0. The summed E-state index contributed by atoms with van der Waals surface area (Å²) in [6.45, 7) is 5.62. The van der Waals surface area contributed by atoms with E-state index >= 15 is 0 Å². The van der Waals surface area contributed by atoms with Crippen molar-refractivity contribution < 1.29 is 0 Å². The smallest absolute Gasteiger partial charge is 0.0728 e. The number of pyridine rings is 1. The summed E-state index contributed by atoms with van der Waals surface area (Å²) in [7, 11) is 0. The number of aromatic nitrogens is 1. The van der Waals surface area contributed by atoms with Gasteiger partial charge in [0, 0.05) is 30.4 Å². The summed E-state index contributed by atoms with van der Waals surface area (Å²) in [5, 5.41) is 4.53. The van der Waals surface area contributed by atoms with Crippen LogP contribution in [0.15, 0.2) is 24.4 Å². The van der Waals surface area contributed by atoms with Crippen LogP contribution in [0.25, 0.3) is 10.9 Å². The number of nitrogens with two attached hydrogens (primary N) is 1. The van der Waals surface area contributed by atoms with Crippen LogP contribution in [0.2, 0.25) is 0 Å². The van der Waals surface area contributed by atoms with Gasteiger partial charge >= 0.3 is 0 Å². The molecule has 0 aliphatic carbocycles. The van der Waals surface area contributed by atoms with Crippen LogP contribution in [0, 0.1) is 13.8 Å². The van der Waals surface area contributed by atoms with Crippen LogP contribution in [0.5, 0.6) is 0 Å². The normalized spacial score (nSPS) is 10.7. The quantitative estimate of drug-likeness (QED) is 0.825. The van der Waals surface area contributed by atoms with Crippen LogP contribution in [0.4, 0.5) is 5.69 Å². The predicted molar refractivity (Wildman–Crippen MR) is 68.8 cm³/mol. The number of hydrogen-bond donors (Lipinski definition) is 2. The van der Waals surface area contributed by atoms with Gasteiger partial charge in [-0.25, -0.2) is 0 Å². The van der Waals surface area contributed by atoms with Crippen LogP contribution in [-0.4, -0.2) is 18.1 Å². The number of anilines is 1. The molecule has 0 saturated carbocycles. The lowest BCUT2D eigenvalue weighted by atomic mass is 10.0. The molecular weight excluding hydrogens is 198 g/mol. The first-order valence-electron chi connectivity index (χ1n) is 5.52. The highest BCUT2D eigenvalue weighted by molar-refractivity contribution is 5.94. The molecule has 0 unspecified atom stereocenters. The van der Waals surface area contributed by atoms with Crippen molar-refractivity contribution in [1.82, 2.24) is 4.98 Å². The molecule has 1 aromatic carbocycles. The van der Waals surface area contributed by atoms with Crippen LogP contribution in [-0.2, 0) is 0 Å². The molecule has 0 radical (unpaired) electrons. The molecule has 0 atom stereocenters. The zero-order valence-electron chi connectivity index (χ0n) is 9.75. The maximum Gasteiger partial charge on any atom is 0.0728 e. The van der Waals surface area contributed by atoms with Crippen molar-refractivity contribution in [2.75, 3.05) is 18.4 Å². The van der Waals surface area contributed by atoms with E-state index in [-0.39, 0.29) is 0 Å². The number of aryl methyl sites for hydroxylation is 2. The van der Waals surface area contributed by atoms with Crippen molar-refractivity contribution in [3.05, 3.63) is 35.5 Å². The van der Waals surface area contributed by atoms with Crippen LogP contribution in [0.1, 0.15) is 11.1 Å². The minimum Gasteiger partial charge on any atom is -0.383 e. The molecule has 84 valence electrons. The molecule has 3 heteroatoms. The average Bonchev–Trinajstić information content (AvgIpc) is 2.25. The molecule has 16 heavy (non-hydrogen) atoms. The van der Waals surface area contributed by atoms with Crippen molar-refractivity contribution >= 4 is 16.6 Å². The number of rotatable bonds is 3. The monoisotopic (exact) mass is 215 g/mol. The molecule has 0 saturated heterocycles. The highest BCUT2D eigenvalue weighted by atomic mass is 14.9. The molecule has 2 aromatic rings. The lowest BCUT2D eigenvalue weighted by molar-refractivity contribution is 1.03. The Hall–Kier alpha value is -1.61. The maximum absolute atomic E-state index is 5.50. The number of hydrogen-bond acceptors (Lipinski definition) is 3. The number of benzene rings is 1. The van der Waals surface area contributed by atoms with Crippen LogP contribution < -0.4 is 11.1 Å². The Morgan fingerprint density at radius 2 is 2.12 bits per heavy atom. The van der Waals surface area contributed by atoms with E-state index in [2.05, 4.69) is 36.3 Å². The van der Waals surface area contributed by atoms with E-state index in [0.717, 1.165) is 17.7 Å². The number of nitrogens with zero attached hydrogens (tertiary/aromatic N) is 1.